The summed E-state index contributed by atoms with van der Waals surface area (Å²) in [7, 11) is -2.22. The number of sulfonamides is 1. The van der Waals surface area contributed by atoms with Gasteiger partial charge in [-0.2, -0.15) is 4.72 Å². The Morgan fingerprint density at radius 2 is 1.62 bits per heavy atom. The van der Waals surface area contributed by atoms with Gasteiger partial charge in [-0.05, 0) is 44.0 Å². The van der Waals surface area contributed by atoms with E-state index in [2.05, 4.69) is 4.72 Å². The second-order valence-electron chi connectivity index (χ2n) is 6.11. The van der Waals surface area contributed by atoms with Crippen LogP contribution in [0.2, 0.25) is 0 Å². The van der Waals surface area contributed by atoms with Gasteiger partial charge in [0.15, 0.2) is 0 Å². The van der Waals surface area contributed by atoms with Gasteiger partial charge in [-0.1, -0.05) is 19.3 Å². The van der Waals surface area contributed by atoms with Gasteiger partial charge in [-0.3, -0.25) is 4.79 Å². The van der Waals surface area contributed by atoms with Crippen molar-refractivity contribution in [2.75, 3.05) is 20.2 Å². The number of ether oxygens (including phenoxy) is 1. The molecule has 1 heterocycles. The van der Waals surface area contributed by atoms with Crippen molar-refractivity contribution < 1.29 is 17.9 Å². The number of nitrogens with zero attached hydrogens (tertiary/aromatic N) is 1. The zero-order chi connectivity index (χ0) is 17.6. The molecule has 1 atom stereocenters. The molecule has 1 saturated heterocycles. The number of hydrogen-bond donors (Lipinski definition) is 1. The van der Waals surface area contributed by atoms with Crippen molar-refractivity contribution >= 4 is 15.9 Å². The monoisotopic (exact) mass is 354 g/mol. The third-order valence-corrected chi connectivity index (χ3v) is 5.80. The molecule has 0 aromatic heterocycles. The molecule has 1 aromatic rings. The average molecular weight is 354 g/mol. The maximum atomic E-state index is 12.6. The third-order valence-electron chi connectivity index (χ3n) is 4.24. The van der Waals surface area contributed by atoms with Crippen LogP contribution in [0.25, 0.3) is 0 Å². The molecule has 134 valence electrons. The van der Waals surface area contributed by atoms with E-state index in [1.807, 2.05) is 0 Å². The van der Waals surface area contributed by atoms with E-state index in [-0.39, 0.29) is 10.8 Å². The molecule has 1 N–H and O–H groups in total. The molecule has 1 aromatic carbocycles. The SMILES string of the molecule is COc1ccc(S(=O)(=O)N[C@@H](C)C(=O)N2CCCCCCC2)cc1. The van der Waals surface area contributed by atoms with Gasteiger partial charge in [-0.25, -0.2) is 8.42 Å². The van der Waals surface area contributed by atoms with Crippen LogP contribution in [0.4, 0.5) is 0 Å². The van der Waals surface area contributed by atoms with Gasteiger partial charge in [-0.15, -0.1) is 0 Å². The Bertz CT molecular complexity index is 635. The quantitative estimate of drug-likeness (QED) is 0.879. The van der Waals surface area contributed by atoms with E-state index < -0.39 is 16.1 Å². The van der Waals surface area contributed by atoms with Gasteiger partial charge >= 0.3 is 0 Å². The normalized spacial score (nSPS) is 17.7. The average Bonchev–Trinajstić information content (AvgIpc) is 2.53. The Balaban J connectivity index is 2.02. The molecule has 1 aliphatic rings. The first kappa shape index (κ1) is 18.7. The topological polar surface area (TPSA) is 75.7 Å². The Hall–Kier alpha value is -1.60. The fourth-order valence-electron chi connectivity index (χ4n) is 2.85. The van der Waals surface area contributed by atoms with Crippen LogP contribution in [0.1, 0.15) is 39.0 Å². The second-order valence-corrected chi connectivity index (χ2v) is 7.83. The number of benzene rings is 1. The van der Waals surface area contributed by atoms with Crippen LogP contribution in [-0.2, 0) is 14.8 Å². The molecule has 1 fully saturated rings. The molecule has 1 aliphatic heterocycles. The van der Waals surface area contributed by atoms with Gasteiger partial charge in [0.05, 0.1) is 18.0 Å². The molecule has 0 aliphatic carbocycles. The lowest BCUT2D eigenvalue weighted by molar-refractivity contribution is -0.132. The van der Waals surface area contributed by atoms with Crippen LogP contribution in [0, 0.1) is 0 Å². The number of carbonyl (C=O) groups excluding carboxylic acids is 1. The predicted molar refractivity (Wildman–Crippen MR) is 92.4 cm³/mol. The molecule has 2 rings (SSSR count). The van der Waals surface area contributed by atoms with Crippen molar-refractivity contribution in [3.05, 3.63) is 24.3 Å². The summed E-state index contributed by atoms with van der Waals surface area (Å²) in [6, 6.07) is 5.32. The number of carbonyl (C=O) groups is 1. The zero-order valence-corrected chi connectivity index (χ0v) is 15.1. The lowest BCUT2D eigenvalue weighted by atomic mass is 10.1. The maximum Gasteiger partial charge on any atom is 0.241 e. The molecule has 0 unspecified atom stereocenters. The van der Waals surface area contributed by atoms with Crippen molar-refractivity contribution in [3.63, 3.8) is 0 Å². The van der Waals surface area contributed by atoms with Crippen LogP contribution in [0.3, 0.4) is 0 Å². The first-order valence-electron chi connectivity index (χ1n) is 8.39. The molecule has 0 spiro atoms. The van der Waals surface area contributed by atoms with Crippen LogP contribution in [0.5, 0.6) is 5.75 Å². The van der Waals surface area contributed by atoms with E-state index in [4.69, 9.17) is 4.74 Å². The van der Waals surface area contributed by atoms with Crippen LogP contribution < -0.4 is 9.46 Å². The van der Waals surface area contributed by atoms with Gasteiger partial charge in [0.1, 0.15) is 5.75 Å². The van der Waals surface area contributed by atoms with E-state index in [9.17, 15) is 13.2 Å². The number of rotatable bonds is 5. The van der Waals surface area contributed by atoms with E-state index in [1.54, 1.807) is 24.0 Å². The summed E-state index contributed by atoms with van der Waals surface area (Å²) in [5.41, 5.74) is 0. The maximum absolute atomic E-state index is 12.6. The highest BCUT2D eigenvalue weighted by atomic mass is 32.2. The first-order valence-corrected chi connectivity index (χ1v) is 9.87. The van der Waals surface area contributed by atoms with Crippen molar-refractivity contribution in [1.29, 1.82) is 0 Å². The van der Waals surface area contributed by atoms with E-state index >= 15 is 0 Å². The summed E-state index contributed by atoms with van der Waals surface area (Å²) < 4.78 is 32.4. The van der Waals surface area contributed by atoms with Gasteiger partial charge in [0, 0.05) is 13.1 Å². The van der Waals surface area contributed by atoms with E-state index in [0.29, 0.717) is 18.8 Å². The molecule has 1 amide bonds. The predicted octanol–water partition coefficient (Wildman–Crippen LogP) is 2.15. The van der Waals surface area contributed by atoms with Crippen LogP contribution in [-0.4, -0.2) is 45.5 Å². The van der Waals surface area contributed by atoms with E-state index in [0.717, 1.165) is 25.7 Å². The highest BCUT2D eigenvalue weighted by molar-refractivity contribution is 7.89. The minimum absolute atomic E-state index is 0.121. The molecular formula is C17H26N2O4S. The summed E-state index contributed by atoms with van der Waals surface area (Å²) in [5.74, 6) is 0.424. The highest BCUT2D eigenvalue weighted by Crippen LogP contribution is 2.16. The Kier molecular flexibility index (Phi) is 6.62. The van der Waals surface area contributed by atoms with Crippen LogP contribution in [0.15, 0.2) is 29.2 Å². The Morgan fingerprint density at radius 1 is 1.08 bits per heavy atom. The largest absolute Gasteiger partial charge is 0.497 e. The summed E-state index contributed by atoms with van der Waals surface area (Å²) in [4.78, 5) is 14.5. The minimum Gasteiger partial charge on any atom is -0.497 e. The van der Waals surface area contributed by atoms with Crippen LogP contribution >= 0.6 is 0 Å². The Morgan fingerprint density at radius 3 is 2.17 bits per heavy atom. The van der Waals surface area contributed by atoms with Crippen molar-refractivity contribution in [2.24, 2.45) is 0 Å². The molecule has 6 nitrogen and oxygen atoms in total. The van der Waals surface area contributed by atoms with Gasteiger partial charge < -0.3 is 9.64 Å². The second kappa shape index (κ2) is 8.48. The third kappa shape index (κ3) is 4.95. The molecule has 0 saturated carbocycles. The summed E-state index contributed by atoms with van der Waals surface area (Å²) in [5, 5.41) is 0. The number of amides is 1. The lowest BCUT2D eigenvalue weighted by Crippen LogP contribution is -2.47. The van der Waals surface area contributed by atoms with Crippen molar-refractivity contribution in [2.45, 2.75) is 50.0 Å². The fourth-order valence-corrected chi connectivity index (χ4v) is 4.04. The smallest absolute Gasteiger partial charge is 0.241 e. The summed E-state index contributed by atoms with van der Waals surface area (Å²) in [6.07, 6.45) is 5.40. The molecular weight excluding hydrogens is 328 g/mol. The first-order chi connectivity index (χ1) is 11.4. The summed E-state index contributed by atoms with van der Waals surface area (Å²) >= 11 is 0. The Labute approximate surface area is 144 Å². The minimum atomic E-state index is -3.74. The van der Waals surface area contributed by atoms with Crippen molar-refractivity contribution in [3.8, 4) is 5.75 Å². The fraction of sp³-hybridized carbons (Fsp3) is 0.588. The lowest BCUT2D eigenvalue weighted by Gasteiger charge is -2.27. The molecule has 7 heteroatoms. The molecule has 0 bridgehead atoms. The number of methoxy groups -OCH3 is 1. The summed E-state index contributed by atoms with van der Waals surface area (Å²) in [6.45, 7) is 3.00. The van der Waals surface area contributed by atoms with E-state index in [1.165, 1.54) is 25.7 Å². The highest BCUT2D eigenvalue weighted by Gasteiger charge is 2.26. The zero-order valence-electron chi connectivity index (χ0n) is 14.3. The van der Waals surface area contributed by atoms with Crippen molar-refractivity contribution in [1.82, 2.24) is 9.62 Å². The number of likely N-dealkylation sites (tertiary alicyclic amines) is 1. The standard InChI is InChI=1S/C17H26N2O4S/c1-14(17(20)19-12-6-4-3-5-7-13-19)18-24(21,22)16-10-8-15(23-2)9-11-16/h8-11,14,18H,3-7,12-13H2,1-2H3/t14-/m0/s1. The van der Waals surface area contributed by atoms with Gasteiger partial charge in [0.25, 0.3) is 0 Å². The van der Waals surface area contributed by atoms with Gasteiger partial charge in [0.2, 0.25) is 15.9 Å². The molecule has 0 radical (unpaired) electrons. The number of hydrogen-bond acceptors (Lipinski definition) is 4. The number of nitrogens with one attached hydrogen (secondary N) is 1. The molecule has 24 heavy (non-hydrogen) atoms.